The average Bonchev–Trinajstić information content (AvgIpc) is 2.92. The Kier molecular flexibility index (Phi) is 4.21. The van der Waals surface area contributed by atoms with Gasteiger partial charge in [-0.15, -0.1) is 0 Å². The molecule has 3 saturated heterocycles. The molecule has 3 heterocycles. The molecule has 0 spiro atoms. The van der Waals surface area contributed by atoms with Gasteiger partial charge in [0.05, 0.1) is 13.2 Å². The molecular weight excluding hydrogens is 258 g/mol. The minimum Gasteiger partial charge on any atom is -0.378 e. The van der Waals surface area contributed by atoms with Crippen LogP contribution in [0.4, 0.5) is 0 Å². The molecule has 6 heteroatoms. The van der Waals surface area contributed by atoms with Crippen molar-refractivity contribution in [3.63, 3.8) is 0 Å². The minimum atomic E-state index is -0.228. The third-order valence-corrected chi connectivity index (χ3v) is 4.51. The van der Waals surface area contributed by atoms with E-state index in [1.54, 1.807) is 0 Å². The lowest BCUT2D eigenvalue weighted by atomic mass is 9.98. The Balaban J connectivity index is 1.58. The third-order valence-electron chi connectivity index (χ3n) is 4.51. The average molecular weight is 281 g/mol. The number of hydrogen-bond donors (Lipinski definition) is 1. The van der Waals surface area contributed by atoms with Crippen LogP contribution < -0.4 is 5.32 Å². The smallest absolute Gasteiger partial charge is 0.245 e. The highest BCUT2D eigenvalue weighted by Gasteiger charge is 2.37. The van der Waals surface area contributed by atoms with Gasteiger partial charge in [-0.05, 0) is 31.8 Å². The maximum atomic E-state index is 12.5. The van der Waals surface area contributed by atoms with Gasteiger partial charge in [0.1, 0.15) is 6.04 Å². The highest BCUT2D eigenvalue weighted by molar-refractivity contribution is 5.88. The van der Waals surface area contributed by atoms with Gasteiger partial charge in [0.25, 0.3) is 0 Å². The maximum Gasteiger partial charge on any atom is 0.245 e. The summed E-state index contributed by atoms with van der Waals surface area (Å²) in [6, 6.07) is -0.228. The Labute approximate surface area is 119 Å². The van der Waals surface area contributed by atoms with E-state index >= 15 is 0 Å². The fourth-order valence-electron chi connectivity index (χ4n) is 3.17. The zero-order valence-corrected chi connectivity index (χ0v) is 11.8. The molecule has 20 heavy (non-hydrogen) atoms. The first-order chi connectivity index (χ1) is 9.75. The second-order valence-electron chi connectivity index (χ2n) is 5.91. The lowest BCUT2D eigenvalue weighted by molar-refractivity contribution is -0.147. The van der Waals surface area contributed by atoms with Crippen LogP contribution in [0.25, 0.3) is 0 Å². The summed E-state index contributed by atoms with van der Waals surface area (Å²) in [5, 5.41) is 3.18. The highest BCUT2D eigenvalue weighted by atomic mass is 16.5. The molecule has 3 aliphatic heterocycles. The van der Waals surface area contributed by atoms with Gasteiger partial charge in [0.2, 0.25) is 11.8 Å². The van der Waals surface area contributed by atoms with E-state index < -0.39 is 0 Å². The van der Waals surface area contributed by atoms with Crippen molar-refractivity contribution < 1.29 is 14.3 Å². The highest BCUT2D eigenvalue weighted by Crippen LogP contribution is 2.22. The van der Waals surface area contributed by atoms with Gasteiger partial charge >= 0.3 is 0 Å². The van der Waals surface area contributed by atoms with E-state index in [0.717, 1.165) is 32.5 Å². The van der Waals surface area contributed by atoms with Crippen molar-refractivity contribution in [3.8, 4) is 0 Å². The Morgan fingerprint density at radius 1 is 1.15 bits per heavy atom. The summed E-state index contributed by atoms with van der Waals surface area (Å²) < 4.78 is 5.28. The maximum absolute atomic E-state index is 12.5. The number of morpholine rings is 1. The van der Waals surface area contributed by atoms with Crippen LogP contribution in [0, 0.1) is 5.92 Å². The van der Waals surface area contributed by atoms with Crippen LogP contribution in [0.1, 0.15) is 19.3 Å². The van der Waals surface area contributed by atoms with Gasteiger partial charge in [0.15, 0.2) is 0 Å². The molecule has 3 fully saturated rings. The quantitative estimate of drug-likeness (QED) is 0.754. The van der Waals surface area contributed by atoms with E-state index in [0.29, 0.717) is 38.6 Å². The van der Waals surface area contributed by atoms with Crippen molar-refractivity contribution in [1.82, 2.24) is 15.1 Å². The fourth-order valence-corrected chi connectivity index (χ4v) is 3.17. The predicted octanol–water partition coefficient (Wildman–Crippen LogP) is -0.554. The second-order valence-corrected chi connectivity index (χ2v) is 5.91. The SMILES string of the molecule is O=C(C1CCCN1C(=O)CC1CNC1)N1CCOCC1. The topological polar surface area (TPSA) is 61.9 Å². The minimum absolute atomic E-state index is 0.117. The third kappa shape index (κ3) is 2.81. The Morgan fingerprint density at radius 2 is 1.90 bits per heavy atom. The molecular formula is C14H23N3O3. The molecule has 0 aromatic carbocycles. The molecule has 3 rings (SSSR count). The van der Waals surface area contributed by atoms with Gasteiger partial charge in [-0.3, -0.25) is 9.59 Å². The van der Waals surface area contributed by atoms with E-state index in [4.69, 9.17) is 4.74 Å². The standard InChI is InChI=1S/C14H23N3O3/c18-13(8-11-9-15-10-11)17-3-1-2-12(17)14(19)16-4-6-20-7-5-16/h11-12,15H,1-10H2. The van der Waals surface area contributed by atoms with Crippen molar-refractivity contribution >= 4 is 11.8 Å². The molecule has 1 N–H and O–H groups in total. The number of carbonyl (C=O) groups is 2. The Hall–Kier alpha value is -1.14. The molecule has 0 bridgehead atoms. The van der Waals surface area contributed by atoms with Crippen LogP contribution >= 0.6 is 0 Å². The Bertz CT molecular complexity index is 378. The number of likely N-dealkylation sites (tertiary alicyclic amines) is 1. The van der Waals surface area contributed by atoms with Crippen LogP contribution in [0.5, 0.6) is 0 Å². The molecule has 0 radical (unpaired) electrons. The first-order valence-corrected chi connectivity index (χ1v) is 7.62. The van der Waals surface area contributed by atoms with Crippen molar-refractivity contribution in [1.29, 1.82) is 0 Å². The largest absolute Gasteiger partial charge is 0.378 e. The van der Waals surface area contributed by atoms with Crippen molar-refractivity contribution in [3.05, 3.63) is 0 Å². The lowest BCUT2D eigenvalue weighted by Gasteiger charge is -2.34. The van der Waals surface area contributed by atoms with Crippen LogP contribution in [0.15, 0.2) is 0 Å². The van der Waals surface area contributed by atoms with Crippen LogP contribution in [0.2, 0.25) is 0 Å². The molecule has 0 aromatic rings. The fraction of sp³-hybridized carbons (Fsp3) is 0.857. The first-order valence-electron chi connectivity index (χ1n) is 7.62. The monoisotopic (exact) mass is 281 g/mol. The molecule has 112 valence electrons. The summed E-state index contributed by atoms with van der Waals surface area (Å²) in [5.41, 5.74) is 0. The summed E-state index contributed by atoms with van der Waals surface area (Å²) in [5.74, 6) is 0.730. The van der Waals surface area contributed by atoms with Gasteiger partial charge in [-0.25, -0.2) is 0 Å². The van der Waals surface area contributed by atoms with Crippen molar-refractivity contribution in [2.24, 2.45) is 5.92 Å². The molecule has 0 aromatic heterocycles. The number of ether oxygens (including phenoxy) is 1. The van der Waals surface area contributed by atoms with Gasteiger partial charge in [-0.1, -0.05) is 0 Å². The summed E-state index contributed by atoms with van der Waals surface area (Å²) >= 11 is 0. The number of nitrogens with zero attached hydrogens (tertiary/aromatic N) is 2. The first kappa shape index (κ1) is 13.8. The van der Waals surface area contributed by atoms with E-state index in [1.807, 2.05) is 9.80 Å². The molecule has 1 atom stereocenters. The molecule has 1 unspecified atom stereocenters. The van der Waals surface area contributed by atoms with E-state index in [1.165, 1.54) is 0 Å². The van der Waals surface area contributed by atoms with Crippen LogP contribution in [-0.2, 0) is 14.3 Å². The lowest BCUT2D eigenvalue weighted by Crippen LogP contribution is -2.52. The molecule has 3 aliphatic rings. The predicted molar refractivity (Wildman–Crippen MR) is 73.1 cm³/mol. The zero-order valence-electron chi connectivity index (χ0n) is 11.8. The second kappa shape index (κ2) is 6.10. The Morgan fingerprint density at radius 3 is 2.55 bits per heavy atom. The van der Waals surface area contributed by atoms with Gasteiger partial charge < -0.3 is 19.9 Å². The number of nitrogens with one attached hydrogen (secondary N) is 1. The van der Waals surface area contributed by atoms with Gasteiger partial charge in [0, 0.05) is 26.1 Å². The summed E-state index contributed by atoms with van der Waals surface area (Å²) in [4.78, 5) is 28.6. The summed E-state index contributed by atoms with van der Waals surface area (Å²) in [7, 11) is 0. The molecule has 2 amide bonds. The molecule has 0 saturated carbocycles. The van der Waals surface area contributed by atoms with Gasteiger partial charge in [-0.2, -0.15) is 0 Å². The molecule has 0 aliphatic carbocycles. The number of amides is 2. The van der Waals surface area contributed by atoms with Crippen LogP contribution in [0.3, 0.4) is 0 Å². The summed E-state index contributed by atoms with van der Waals surface area (Å²) in [6.45, 7) is 5.14. The summed E-state index contributed by atoms with van der Waals surface area (Å²) in [6.07, 6.45) is 2.33. The number of rotatable bonds is 3. The van der Waals surface area contributed by atoms with Crippen molar-refractivity contribution in [2.75, 3.05) is 45.9 Å². The van der Waals surface area contributed by atoms with E-state index in [9.17, 15) is 9.59 Å². The van der Waals surface area contributed by atoms with Crippen LogP contribution in [-0.4, -0.2) is 73.6 Å². The van der Waals surface area contributed by atoms with Crippen molar-refractivity contribution in [2.45, 2.75) is 25.3 Å². The zero-order chi connectivity index (χ0) is 13.9. The normalized spacial score (nSPS) is 27.5. The number of carbonyl (C=O) groups excluding carboxylic acids is 2. The van der Waals surface area contributed by atoms with E-state index in [-0.39, 0.29) is 17.9 Å². The molecule has 6 nitrogen and oxygen atoms in total. The van der Waals surface area contributed by atoms with E-state index in [2.05, 4.69) is 5.32 Å². The number of hydrogen-bond acceptors (Lipinski definition) is 4.